The van der Waals surface area contributed by atoms with Gasteiger partial charge in [0.1, 0.15) is 5.75 Å². The van der Waals surface area contributed by atoms with Gasteiger partial charge in [0.2, 0.25) is 0 Å². The van der Waals surface area contributed by atoms with Gasteiger partial charge in [-0.05, 0) is 30.5 Å². The van der Waals surface area contributed by atoms with Crippen LogP contribution in [0.5, 0.6) is 5.75 Å². The van der Waals surface area contributed by atoms with Crippen LogP contribution in [-0.4, -0.2) is 13.7 Å². The van der Waals surface area contributed by atoms with Gasteiger partial charge >= 0.3 is 0 Å². The maximum atomic E-state index is 8.44. The highest BCUT2D eigenvalue weighted by molar-refractivity contribution is 5.58. The van der Waals surface area contributed by atoms with Crippen molar-refractivity contribution >= 4 is 5.69 Å². The molecule has 0 aliphatic heterocycles. The van der Waals surface area contributed by atoms with E-state index in [1.165, 1.54) is 5.56 Å². The number of ether oxygens (including phenoxy) is 1. The quantitative estimate of drug-likeness (QED) is 0.746. The molecule has 0 aliphatic rings. The Kier molecular flexibility index (Phi) is 5.21. The first-order valence-electron chi connectivity index (χ1n) is 5.59. The molecule has 0 saturated carbocycles. The van der Waals surface area contributed by atoms with E-state index in [4.69, 9.17) is 10.00 Å². The summed E-state index contributed by atoms with van der Waals surface area (Å²) in [6, 6.07) is 8.28. The molecular formula is C13H18N2O. The van der Waals surface area contributed by atoms with Crippen LogP contribution in [0, 0.1) is 11.3 Å². The van der Waals surface area contributed by atoms with Crippen LogP contribution in [0.2, 0.25) is 0 Å². The molecule has 86 valence electrons. The van der Waals surface area contributed by atoms with Crippen molar-refractivity contribution in [1.82, 2.24) is 0 Å². The molecule has 0 radical (unpaired) electrons. The fourth-order valence-corrected chi connectivity index (χ4v) is 1.50. The summed E-state index contributed by atoms with van der Waals surface area (Å²) >= 11 is 0. The van der Waals surface area contributed by atoms with Crippen LogP contribution in [0.3, 0.4) is 0 Å². The molecule has 0 amide bonds. The van der Waals surface area contributed by atoms with Crippen molar-refractivity contribution in [2.24, 2.45) is 0 Å². The van der Waals surface area contributed by atoms with Crippen LogP contribution in [0.15, 0.2) is 18.2 Å². The molecule has 0 heterocycles. The number of nitrogens with one attached hydrogen (secondary N) is 1. The highest BCUT2D eigenvalue weighted by Crippen LogP contribution is 2.25. The van der Waals surface area contributed by atoms with Crippen LogP contribution in [0.4, 0.5) is 5.69 Å². The molecule has 1 N–H and O–H groups in total. The molecule has 0 spiro atoms. The van der Waals surface area contributed by atoms with Gasteiger partial charge in [0, 0.05) is 13.0 Å². The van der Waals surface area contributed by atoms with Crippen molar-refractivity contribution in [2.45, 2.75) is 26.2 Å². The lowest BCUT2D eigenvalue weighted by atomic mass is 10.1. The number of unbranched alkanes of at least 4 members (excludes halogenated alkanes) is 1. The minimum Gasteiger partial charge on any atom is -0.495 e. The van der Waals surface area contributed by atoms with Crippen LogP contribution in [-0.2, 0) is 6.42 Å². The number of methoxy groups -OCH3 is 1. The van der Waals surface area contributed by atoms with Gasteiger partial charge in [0.15, 0.2) is 0 Å². The van der Waals surface area contributed by atoms with Crippen LogP contribution in [0.1, 0.15) is 25.3 Å². The second-order valence-electron chi connectivity index (χ2n) is 3.58. The second kappa shape index (κ2) is 6.73. The Hall–Kier alpha value is -1.69. The number of aryl methyl sites for hydroxylation is 1. The predicted octanol–water partition coefficient (Wildman–Crippen LogP) is 2.97. The average molecular weight is 218 g/mol. The second-order valence-corrected chi connectivity index (χ2v) is 3.58. The van der Waals surface area contributed by atoms with Gasteiger partial charge in [-0.2, -0.15) is 5.26 Å². The number of anilines is 1. The van der Waals surface area contributed by atoms with E-state index in [0.717, 1.165) is 30.8 Å². The summed E-state index contributed by atoms with van der Waals surface area (Å²) in [4.78, 5) is 0. The third-order valence-electron chi connectivity index (χ3n) is 2.45. The molecule has 0 aromatic heterocycles. The van der Waals surface area contributed by atoms with Crippen molar-refractivity contribution in [3.05, 3.63) is 23.8 Å². The number of hydrogen-bond donors (Lipinski definition) is 1. The van der Waals surface area contributed by atoms with Crippen LogP contribution >= 0.6 is 0 Å². The first kappa shape index (κ1) is 12.4. The third kappa shape index (κ3) is 3.47. The molecule has 1 rings (SSSR count). The number of rotatable bonds is 6. The molecule has 1 aromatic carbocycles. The van der Waals surface area contributed by atoms with Crippen molar-refractivity contribution in [3.63, 3.8) is 0 Å². The third-order valence-corrected chi connectivity index (χ3v) is 2.45. The SMILES string of the molecule is CCc1ccc(OC)c(NCCCC#N)c1. The summed E-state index contributed by atoms with van der Waals surface area (Å²) in [6.45, 7) is 2.93. The molecule has 3 nitrogen and oxygen atoms in total. The fraction of sp³-hybridized carbons (Fsp3) is 0.462. The number of nitriles is 1. The topological polar surface area (TPSA) is 45.0 Å². The Labute approximate surface area is 97.0 Å². The van der Waals surface area contributed by atoms with E-state index in [1.54, 1.807) is 7.11 Å². The lowest BCUT2D eigenvalue weighted by Crippen LogP contribution is -2.03. The highest BCUT2D eigenvalue weighted by atomic mass is 16.5. The largest absolute Gasteiger partial charge is 0.495 e. The standard InChI is InChI=1S/C13H18N2O/c1-3-11-6-7-13(16-2)12(10-11)15-9-5-4-8-14/h6-7,10,15H,3-5,9H2,1-2H3. The average Bonchev–Trinajstić information content (AvgIpc) is 2.34. The van der Waals surface area contributed by atoms with Gasteiger partial charge in [-0.3, -0.25) is 0 Å². The van der Waals surface area contributed by atoms with E-state index in [-0.39, 0.29) is 0 Å². The first-order valence-corrected chi connectivity index (χ1v) is 5.59. The molecular weight excluding hydrogens is 200 g/mol. The molecule has 16 heavy (non-hydrogen) atoms. The van der Waals surface area contributed by atoms with Crippen molar-refractivity contribution in [3.8, 4) is 11.8 Å². The Morgan fingerprint density at radius 1 is 1.44 bits per heavy atom. The van der Waals surface area contributed by atoms with E-state index in [9.17, 15) is 0 Å². The van der Waals surface area contributed by atoms with Crippen molar-refractivity contribution < 1.29 is 4.74 Å². The highest BCUT2D eigenvalue weighted by Gasteiger charge is 2.02. The molecule has 0 atom stereocenters. The fourth-order valence-electron chi connectivity index (χ4n) is 1.50. The molecule has 3 heteroatoms. The summed E-state index contributed by atoms with van der Waals surface area (Å²) in [7, 11) is 1.67. The van der Waals surface area contributed by atoms with Crippen LogP contribution < -0.4 is 10.1 Å². The summed E-state index contributed by atoms with van der Waals surface area (Å²) < 4.78 is 5.27. The summed E-state index contributed by atoms with van der Waals surface area (Å²) in [5.74, 6) is 0.856. The molecule has 0 fully saturated rings. The minimum atomic E-state index is 0.586. The number of benzene rings is 1. The summed E-state index contributed by atoms with van der Waals surface area (Å²) in [5, 5.41) is 11.7. The predicted molar refractivity (Wildman–Crippen MR) is 65.7 cm³/mol. The Morgan fingerprint density at radius 3 is 2.88 bits per heavy atom. The first-order chi connectivity index (χ1) is 7.81. The van der Waals surface area contributed by atoms with E-state index in [1.807, 2.05) is 6.07 Å². The van der Waals surface area contributed by atoms with E-state index in [2.05, 4.69) is 30.4 Å². The van der Waals surface area contributed by atoms with Crippen molar-refractivity contribution in [1.29, 1.82) is 5.26 Å². The smallest absolute Gasteiger partial charge is 0.141 e. The van der Waals surface area contributed by atoms with Gasteiger partial charge in [0.05, 0.1) is 18.9 Å². The van der Waals surface area contributed by atoms with Gasteiger partial charge in [-0.1, -0.05) is 13.0 Å². The number of nitrogens with zero attached hydrogens (tertiary/aromatic N) is 1. The normalized spacial score (nSPS) is 9.56. The maximum absolute atomic E-state index is 8.44. The number of hydrogen-bond acceptors (Lipinski definition) is 3. The van der Waals surface area contributed by atoms with Crippen LogP contribution in [0.25, 0.3) is 0 Å². The zero-order chi connectivity index (χ0) is 11.8. The molecule has 0 aliphatic carbocycles. The molecule has 0 unspecified atom stereocenters. The molecule has 1 aromatic rings. The summed E-state index contributed by atoms with van der Waals surface area (Å²) in [5.41, 5.74) is 2.29. The van der Waals surface area contributed by atoms with E-state index < -0.39 is 0 Å². The Balaban J connectivity index is 2.64. The van der Waals surface area contributed by atoms with Gasteiger partial charge in [0.25, 0.3) is 0 Å². The van der Waals surface area contributed by atoms with Gasteiger partial charge in [-0.15, -0.1) is 0 Å². The van der Waals surface area contributed by atoms with E-state index in [0.29, 0.717) is 6.42 Å². The zero-order valence-electron chi connectivity index (χ0n) is 9.92. The summed E-state index contributed by atoms with van der Waals surface area (Å²) in [6.07, 6.45) is 2.45. The van der Waals surface area contributed by atoms with E-state index >= 15 is 0 Å². The molecule has 0 saturated heterocycles. The maximum Gasteiger partial charge on any atom is 0.141 e. The lowest BCUT2D eigenvalue weighted by molar-refractivity contribution is 0.416. The van der Waals surface area contributed by atoms with Gasteiger partial charge < -0.3 is 10.1 Å². The monoisotopic (exact) mass is 218 g/mol. The Morgan fingerprint density at radius 2 is 2.25 bits per heavy atom. The van der Waals surface area contributed by atoms with Crippen molar-refractivity contribution in [2.75, 3.05) is 19.0 Å². The molecule has 0 bridgehead atoms. The Bertz CT molecular complexity index is 369. The minimum absolute atomic E-state index is 0.586. The van der Waals surface area contributed by atoms with Gasteiger partial charge in [-0.25, -0.2) is 0 Å². The lowest BCUT2D eigenvalue weighted by Gasteiger charge is -2.11. The zero-order valence-corrected chi connectivity index (χ0v) is 9.92.